The average Bonchev–Trinajstić information content (AvgIpc) is 2.24. The summed E-state index contributed by atoms with van der Waals surface area (Å²) in [6.07, 6.45) is 3.19. The maximum atomic E-state index is 11.5. The van der Waals surface area contributed by atoms with Crippen molar-refractivity contribution in [2.45, 2.75) is 37.8 Å². The molecular formula is C10H17N3O2. The van der Waals surface area contributed by atoms with Crippen LogP contribution in [0.25, 0.3) is 0 Å². The van der Waals surface area contributed by atoms with Gasteiger partial charge in [-0.15, -0.1) is 0 Å². The lowest BCUT2D eigenvalue weighted by Gasteiger charge is -2.29. The summed E-state index contributed by atoms with van der Waals surface area (Å²) in [5.41, 5.74) is 0. The van der Waals surface area contributed by atoms with Gasteiger partial charge in [0.05, 0.1) is 6.04 Å². The summed E-state index contributed by atoms with van der Waals surface area (Å²) in [5, 5.41) is 8.96. The standard InChI is InChI=1S/C10H17N3O2/c14-9-2-1-8(10(15)13-9)12-7-3-5-11-6-4-7/h7-8,11-12H,1-6H2,(H,13,14,15)/t8-/m1/s1. The van der Waals surface area contributed by atoms with Crippen LogP contribution in [0.15, 0.2) is 0 Å². The fraction of sp³-hybridized carbons (Fsp3) is 0.800. The molecule has 0 aromatic rings. The molecule has 0 aromatic heterocycles. The number of hydrogen-bond acceptors (Lipinski definition) is 4. The van der Waals surface area contributed by atoms with Gasteiger partial charge in [0.15, 0.2) is 0 Å². The second kappa shape index (κ2) is 4.72. The van der Waals surface area contributed by atoms with Crippen LogP contribution >= 0.6 is 0 Å². The highest BCUT2D eigenvalue weighted by atomic mass is 16.2. The highest BCUT2D eigenvalue weighted by molar-refractivity contribution is 6.00. The molecule has 2 aliphatic heterocycles. The quantitative estimate of drug-likeness (QED) is 0.519. The number of carbonyl (C=O) groups is 2. The Balaban J connectivity index is 1.82. The highest BCUT2D eigenvalue weighted by Crippen LogP contribution is 2.09. The molecule has 0 aromatic carbocycles. The molecule has 3 N–H and O–H groups in total. The topological polar surface area (TPSA) is 70.2 Å². The number of hydrogen-bond donors (Lipinski definition) is 3. The molecule has 84 valence electrons. The summed E-state index contributed by atoms with van der Waals surface area (Å²) < 4.78 is 0. The normalized spacial score (nSPS) is 28.9. The molecule has 0 aliphatic carbocycles. The van der Waals surface area contributed by atoms with Gasteiger partial charge in [-0.3, -0.25) is 14.9 Å². The molecule has 0 radical (unpaired) electrons. The second-order valence-corrected chi connectivity index (χ2v) is 4.19. The minimum Gasteiger partial charge on any atom is -0.317 e. The van der Waals surface area contributed by atoms with Crippen LogP contribution in [-0.4, -0.2) is 37.0 Å². The summed E-state index contributed by atoms with van der Waals surface area (Å²) in [6, 6.07) is 0.237. The van der Waals surface area contributed by atoms with Crippen molar-refractivity contribution in [3.05, 3.63) is 0 Å². The first-order valence-corrected chi connectivity index (χ1v) is 5.56. The molecule has 2 aliphatic rings. The Morgan fingerprint density at radius 3 is 2.53 bits per heavy atom. The van der Waals surface area contributed by atoms with E-state index in [0.29, 0.717) is 18.9 Å². The zero-order valence-corrected chi connectivity index (χ0v) is 8.71. The molecule has 2 fully saturated rings. The molecule has 0 saturated carbocycles. The van der Waals surface area contributed by atoms with Crippen molar-refractivity contribution in [1.29, 1.82) is 0 Å². The van der Waals surface area contributed by atoms with Crippen molar-refractivity contribution < 1.29 is 9.59 Å². The number of nitrogens with one attached hydrogen (secondary N) is 3. The van der Waals surface area contributed by atoms with Gasteiger partial charge < -0.3 is 10.6 Å². The fourth-order valence-electron chi connectivity index (χ4n) is 2.13. The zero-order valence-electron chi connectivity index (χ0n) is 8.71. The van der Waals surface area contributed by atoms with E-state index in [1.807, 2.05) is 0 Å². The van der Waals surface area contributed by atoms with Crippen molar-refractivity contribution >= 4 is 11.8 Å². The van der Waals surface area contributed by atoms with Gasteiger partial charge in [0, 0.05) is 12.5 Å². The third kappa shape index (κ3) is 2.76. The van der Waals surface area contributed by atoms with Crippen molar-refractivity contribution in [2.75, 3.05) is 13.1 Å². The fourth-order valence-corrected chi connectivity index (χ4v) is 2.13. The van der Waals surface area contributed by atoms with Gasteiger partial charge >= 0.3 is 0 Å². The third-order valence-electron chi connectivity index (χ3n) is 3.02. The smallest absolute Gasteiger partial charge is 0.243 e. The first-order valence-electron chi connectivity index (χ1n) is 5.56. The lowest BCUT2D eigenvalue weighted by molar-refractivity contribution is -0.134. The molecular weight excluding hydrogens is 194 g/mol. The molecule has 15 heavy (non-hydrogen) atoms. The van der Waals surface area contributed by atoms with Gasteiger partial charge in [0.25, 0.3) is 0 Å². The van der Waals surface area contributed by atoms with Gasteiger partial charge in [0.1, 0.15) is 0 Å². The lowest BCUT2D eigenvalue weighted by atomic mass is 10.0. The minimum atomic E-state index is -0.175. The lowest BCUT2D eigenvalue weighted by Crippen LogP contribution is -2.54. The van der Waals surface area contributed by atoms with Crippen LogP contribution in [0.3, 0.4) is 0 Å². The molecule has 0 bridgehead atoms. The van der Waals surface area contributed by atoms with Crippen LogP contribution in [0.5, 0.6) is 0 Å². The number of imide groups is 1. The average molecular weight is 211 g/mol. The van der Waals surface area contributed by atoms with E-state index in [2.05, 4.69) is 16.0 Å². The molecule has 2 amide bonds. The Morgan fingerprint density at radius 1 is 1.13 bits per heavy atom. The number of amides is 2. The zero-order chi connectivity index (χ0) is 10.7. The van der Waals surface area contributed by atoms with Crippen LogP contribution < -0.4 is 16.0 Å². The Labute approximate surface area is 89.0 Å². The first kappa shape index (κ1) is 10.6. The van der Waals surface area contributed by atoms with Crippen LogP contribution in [-0.2, 0) is 9.59 Å². The maximum Gasteiger partial charge on any atom is 0.243 e. The van der Waals surface area contributed by atoms with Crippen molar-refractivity contribution in [3.63, 3.8) is 0 Å². The van der Waals surface area contributed by atoms with Gasteiger partial charge in [-0.1, -0.05) is 0 Å². The largest absolute Gasteiger partial charge is 0.317 e. The van der Waals surface area contributed by atoms with E-state index in [1.54, 1.807) is 0 Å². The summed E-state index contributed by atoms with van der Waals surface area (Å²) in [5.74, 6) is -0.312. The minimum absolute atomic E-state index is 0.150. The van der Waals surface area contributed by atoms with E-state index < -0.39 is 0 Å². The molecule has 5 heteroatoms. The Bertz CT molecular complexity index is 261. The Hall–Kier alpha value is -0.940. The van der Waals surface area contributed by atoms with Crippen molar-refractivity contribution in [2.24, 2.45) is 0 Å². The maximum absolute atomic E-state index is 11.5. The van der Waals surface area contributed by atoms with Gasteiger partial charge in [-0.05, 0) is 32.4 Å². The molecule has 1 atom stereocenters. The monoisotopic (exact) mass is 211 g/mol. The molecule has 2 saturated heterocycles. The second-order valence-electron chi connectivity index (χ2n) is 4.19. The third-order valence-corrected chi connectivity index (χ3v) is 3.02. The summed E-state index contributed by atoms with van der Waals surface area (Å²) in [6.45, 7) is 2.01. The van der Waals surface area contributed by atoms with Gasteiger partial charge in [0.2, 0.25) is 11.8 Å². The van der Waals surface area contributed by atoms with Crippen LogP contribution in [0.1, 0.15) is 25.7 Å². The van der Waals surface area contributed by atoms with Crippen LogP contribution in [0.4, 0.5) is 0 Å². The van der Waals surface area contributed by atoms with Crippen LogP contribution in [0, 0.1) is 0 Å². The van der Waals surface area contributed by atoms with E-state index in [9.17, 15) is 9.59 Å². The molecule has 2 heterocycles. The summed E-state index contributed by atoms with van der Waals surface area (Å²) in [4.78, 5) is 22.4. The van der Waals surface area contributed by atoms with Gasteiger partial charge in [-0.25, -0.2) is 0 Å². The molecule has 0 unspecified atom stereocenters. The Morgan fingerprint density at radius 2 is 1.87 bits per heavy atom. The van der Waals surface area contributed by atoms with Crippen molar-refractivity contribution in [3.8, 4) is 0 Å². The first-order chi connectivity index (χ1) is 7.25. The highest BCUT2D eigenvalue weighted by Gasteiger charge is 2.28. The van der Waals surface area contributed by atoms with Gasteiger partial charge in [-0.2, -0.15) is 0 Å². The predicted molar refractivity (Wildman–Crippen MR) is 55.2 cm³/mol. The Kier molecular flexibility index (Phi) is 3.33. The van der Waals surface area contributed by atoms with E-state index in [0.717, 1.165) is 25.9 Å². The molecule has 0 spiro atoms. The van der Waals surface area contributed by atoms with Crippen LogP contribution in [0.2, 0.25) is 0 Å². The predicted octanol–water partition coefficient (Wildman–Crippen LogP) is -0.867. The van der Waals surface area contributed by atoms with E-state index >= 15 is 0 Å². The SMILES string of the molecule is O=C1CC[C@@H](NC2CCNCC2)C(=O)N1. The summed E-state index contributed by atoms with van der Waals surface area (Å²) in [7, 11) is 0. The van der Waals surface area contributed by atoms with E-state index in [1.165, 1.54) is 0 Å². The van der Waals surface area contributed by atoms with Crippen molar-refractivity contribution in [1.82, 2.24) is 16.0 Å². The molecule has 2 rings (SSSR count). The summed E-state index contributed by atoms with van der Waals surface area (Å²) >= 11 is 0. The number of piperidine rings is 2. The molecule has 5 nitrogen and oxygen atoms in total. The van der Waals surface area contributed by atoms with E-state index in [-0.39, 0.29) is 17.9 Å². The van der Waals surface area contributed by atoms with E-state index in [4.69, 9.17) is 0 Å². The number of rotatable bonds is 2. The number of carbonyl (C=O) groups excluding carboxylic acids is 2.